The van der Waals surface area contributed by atoms with E-state index < -0.39 is 29.8 Å². The van der Waals surface area contributed by atoms with Crippen LogP contribution in [-0.4, -0.2) is 42.3 Å². The number of aliphatic carboxylic acids is 1. The summed E-state index contributed by atoms with van der Waals surface area (Å²) < 4.78 is 23.3. The zero-order valence-corrected chi connectivity index (χ0v) is 12.1. The van der Waals surface area contributed by atoms with Crippen LogP contribution in [-0.2, 0) is 14.3 Å². The fourth-order valence-corrected chi connectivity index (χ4v) is 1.53. The van der Waals surface area contributed by atoms with Gasteiger partial charge in [0.05, 0.1) is 13.2 Å². The minimum atomic E-state index is -1.23. The quantitative estimate of drug-likeness (QED) is 0.531. The average molecular weight is 311 g/mol. The van der Waals surface area contributed by atoms with Crippen molar-refractivity contribution in [2.45, 2.75) is 19.1 Å². The lowest BCUT2D eigenvalue weighted by molar-refractivity contribution is -0.144. The van der Waals surface area contributed by atoms with E-state index in [1.54, 1.807) is 0 Å². The van der Waals surface area contributed by atoms with Gasteiger partial charge in [0.25, 0.3) is 5.91 Å². The van der Waals surface area contributed by atoms with Crippen LogP contribution in [0.4, 0.5) is 4.39 Å². The topological polar surface area (TPSA) is 84.9 Å². The zero-order chi connectivity index (χ0) is 16.5. The third kappa shape index (κ3) is 5.92. The van der Waals surface area contributed by atoms with E-state index >= 15 is 0 Å². The maximum absolute atomic E-state index is 13.0. The normalized spacial score (nSPS) is 13.0. The number of halogens is 1. The van der Waals surface area contributed by atoms with Crippen molar-refractivity contribution >= 4 is 11.9 Å². The highest BCUT2D eigenvalue weighted by atomic mass is 19.1. The van der Waals surface area contributed by atoms with Crippen molar-refractivity contribution in [1.29, 1.82) is 0 Å². The molecule has 0 fully saturated rings. The second kappa shape index (κ2) is 8.78. The lowest BCUT2D eigenvalue weighted by Crippen LogP contribution is -2.48. The third-order valence-corrected chi connectivity index (χ3v) is 2.61. The highest BCUT2D eigenvalue weighted by Gasteiger charge is 2.24. The van der Waals surface area contributed by atoms with Crippen molar-refractivity contribution in [2.24, 2.45) is 0 Å². The predicted molar refractivity (Wildman–Crippen MR) is 77.1 cm³/mol. The smallest absolute Gasteiger partial charge is 0.328 e. The monoisotopic (exact) mass is 311 g/mol. The van der Waals surface area contributed by atoms with Crippen LogP contribution < -0.4 is 10.1 Å². The molecule has 0 aliphatic heterocycles. The van der Waals surface area contributed by atoms with Crippen LogP contribution in [0.25, 0.3) is 0 Å². The molecule has 0 aliphatic rings. The standard InChI is InChI=1S/C15H18FNO5/c1-3-7-21-9-13(15(19)20)17-14(18)10(2)22-12-6-4-5-11(16)8-12/h3-6,8,10,13H,1,7,9H2,2H3,(H,17,18)(H,19,20). The Balaban J connectivity index is 2.57. The van der Waals surface area contributed by atoms with Gasteiger partial charge in [0.2, 0.25) is 0 Å². The molecular formula is C15H18FNO5. The zero-order valence-electron chi connectivity index (χ0n) is 12.1. The van der Waals surface area contributed by atoms with Crippen LogP contribution in [0.15, 0.2) is 36.9 Å². The number of benzene rings is 1. The average Bonchev–Trinajstić information content (AvgIpc) is 2.46. The van der Waals surface area contributed by atoms with E-state index in [-0.39, 0.29) is 19.0 Å². The summed E-state index contributed by atoms with van der Waals surface area (Å²) in [6.45, 7) is 4.85. The van der Waals surface area contributed by atoms with Gasteiger partial charge in [0, 0.05) is 6.07 Å². The van der Waals surface area contributed by atoms with Crippen LogP contribution in [0.3, 0.4) is 0 Å². The summed E-state index contributed by atoms with van der Waals surface area (Å²) in [6, 6.07) is 4.11. The lowest BCUT2D eigenvalue weighted by Gasteiger charge is -2.18. The third-order valence-electron chi connectivity index (χ3n) is 2.61. The van der Waals surface area contributed by atoms with Crippen LogP contribution in [0.2, 0.25) is 0 Å². The lowest BCUT2D eigenvalue weighted by atomic mass is 10.2. The van der Waals surface area contributed by atoms with Crippen LogP contribution in [0, 0.1) is 5.82 Å². The molecule has 0 spiro atoms. The Morgan fingerprint density at radius 1 is 1.50 bits per heavy atom. The highest BCUT2D eigenvalue weighted by Crippen LogP contribution is 2.13. The van der Waals surface area contributed by atoms with E-state index in [4.69, 9.17) is 14.6 Å². The molecule has 1 rings (SSSR count). The molecule has 0 heterocycles. The van der Waals surface area contributed by atoms with Gasteiger partial charge < -0.3 is 19.9 Å². The molecule has 2 atom stereocenters. The van der Waals surface area contributed by atoms with Crippen LogP contribution >= 0.6 is 0 Å². The molecule has 0 aromatic heterocycles. The number of nitrogens with one attached hydrogen (secondary N) is 1. The molecule has 1 aromatic rings. The van der Waals surface area contributed by atoms with Gasteiger partial charge in [-0.25, -0.2) is 9.18 Å². The first-order valence-corrected chi connectivity index (χ1v) is 6.58. The van der Waals surface area contributed by atoms with Gasteiger partial charge in [-0.15, -0.1) is 6.58 Å². The van der Waals surface area contributed by atoms with E-state index in [9.17, 15) is 14.0 Å². The van der Waals surface area contributed by atoms with Crippen molar-refractivity contribution in [3.05, 3.63) is 42.7 Å². The van der Waals surface area contributed by atoms with E-state index in [0.29, 0.717) is 0 Å². The van der Waals surface area contributed by atoms with E-state index in [2.05, 4.69) is 11.9 Å². The Hall–Kier alpha value is -2.41. The Morgan fingerprint density at radius 2 is 2.23 bits per heavy atom. The number of amides is 1. The predicted octanol–water partition coefficient (Wildman–Crippen LogP) is 1.36. The largest absolute Gasteiger partial charge is 0.481 e. The minimum Gasteiger partial charge on any atom is -0.481 e. The summed E-state index contributed by atoms with van der Waals surface area (Å²) in [4.78, 5) is 23.0. The molecule has 0 aliphatic carbocycles. The van der Waals surface area contributed by atoms with Gasteiger partial charge in [-0.3, -0.25) is 4.79 Å². The number of carboxylic acid groups (broad SMARTS) is 1. The molecule has 1 aromatic carbocycles. The molecule has 0 radical (unpaired) electrons. The second-order valence-corrected chi connectivity index (χ2v) is 4.44. The first-order chi connectivity index (χ1) is 10.4. The molecule has 120 valence electrons. The number of hydrogen-bond acceptors (Lipinski definition) is 4. The summed E-state index contributed by atoms with van der Waals surface area (Å²) >= 11 is 0. The fraction of sp³-hybridized carbons (Fsp3) is 0.333. The van der Waals surface area contributed by atoms with Crippen molar-refractivity contribution < 1.29 is 28.6 Å². The number of rotatable bonds is 9. The highest BCUT2D eigenvalue weighted by molar-refractivity contribution is 5.86. The molecule has 2 N–H and O–H groups in total. The van der Waals surface area contributed by atoms with Crippen LogP contribution in [0.1, 0.15) is 6.92 Å². The SMILES string of the molecule is C=CCOCC(NC(=O)C(C)Oc1cccc(F)c1)C(=O)O. The number of carboxylic acids is 1. The molecule has 0 saturated heterocycles. The Kier molecular flexibility index (Phi) is 7.04. The fourth-order valence-electron chi connectivity index (χ4n) is 1.53. The van der Waals surface area contributed by atoms with Crippen molar-refractivity contribution in [3.8, 4) is 5.75 Å². The summed E-state index contributed by atoms with van der Waals surface area (Å²) in [5.74, 6) is -2.18. The molecule has 1 amide bonds. The minimum absolute atomic E-state index is 0.176. The molecule has 6 nitrogen and oxygen atoms in total. The van der Waals surface area contributed by atoms with Crippen molar-refractivity contribution in [1.82, 2.24) is 5.32 Å². The molecule has 0 saturated carbocycles. The second-order valence-electron chi connectivity index (χ2n) is 4.44. The first-order valence-electron chi connectivity index (χ1n) is 6.58. The van der Waals surface area contributed by atoms with Crippen molar-refractivity contribution in [3.63, 3.8) is 0 Å². The molecule has 0 bridgehead atoms. The summed E-state index contributed by atoms with van der Waals surface area (Å²) in [5.41, 5.74) is 0. The van der Waals surface area contributed by atoms with Gasteiger partial charge in [-0.2, -0.15) is 0 Å². The maximum atomic E-state index is 13.0. The summed E-state index contributed by atoms with van der Waals surface area (Å²) in [7, 11) is 0. The van der Waals surface area contributed by atoms with E-state index in [1.165, 1.54) is 31.2 Å². The molecule has 2 unspecified atom stereocenters. The number of carbonyl (C=O) groups excluding carboxylic acids is 1. The number of hydrogen-bond donors (Lipinski definition) is 2. The Bertz CT molecular complexity index is 534. The Labute approximate surface area is 127 Å². The van der Waals surface area contributed by atoms with Gasteiger partial charge in [0.1, 0.15) is 11.6 Å². The van der Waals surface area contributed by atoms with Crippen LogP contribution in [0.5, 0.6) is 5.75 Å². The summed E-state index contributed by atoms with van der Waals surface area (Å²) in [6.07, 6.45) is 0.485. The molecule has 22 heavy (non-hydrogen) atoms. The maximum Gasteiger partial charge on any atom is 0.328 e. The van der Waals surface area contributed by atoms with Gasteiger partial charge >= 0.3 is 5.97 Å². The van der Waals surface area contributed by atoms with Crippen molar-refractivity contribution in [2.75, 3.05) is 13.2 Å². The number of carbonyl (C=O) groups is 2. The number of ether oxygens (including phenoxy) is 2. The van der Waals surface area contributed by atoms with E-state index in [1.807, 2.05) is 0 Å². The van der Waals surface area contributed by atoms with Gasteiger partial charge in [0.15, 0.2) is 12.1 Å². The van der Waals surface area contributed by atoms with Gasteiger partial charge in [-0.1, -0.05) is 12.1 Å². The molecule has 7 heteroatoms. The first kappa shape index (κ1) is 17.6. The van der Waals surface area contributed by atoms with Gasteiger partial charge in [-0.05, 0) is 19.1 Å². The molecular weight excluding hydrogens is 293 g/mol. The Morgan fingerprint density at radius 3 is 2.82 bits per heavy atom. The van der Waals surface area contributed by atoms with E-state index in [0.717, 1.165) is 6.07 Å². The summed E-state index contributed by atoms with van der Waals surface area (Å²) in [5, 5.41) is 11.3.